The molecule has 0 saturated carbocycles. The van der Waals surface area contributed by atoms with E-state index >= 15 is 0 Å². The third kappa shape index (κ3) is 40.4. The monoisotopic (exact) mass is 1780 g/mol. The van der Waals surface area contributed by atoms with Gasteiger partial charge in [0, 0.05) is 93.5 Å². The second kappa shape index (κ2) is 57.4. The highest BCUT2D eigenvalue weighted by atomic mass is 32.2. The maximum Gasteiger partial charge on any atom is 0.335 e. The number of nitrogens with two attached hydrogens (primary N) is 5. The van der Waals surface area contributed by atoms with E-state index in [0.717, 1.165) is 56.5 Å². The molecule has 684 valence electrons. The first-order valence-corrected chi connectivity index (χ1v) is 43.0. The van der Waals surface area contributed by atoms with Crippen molar-refractivity contribution in [2.45, 2.75) is 127 Å². The molecule has 128 heavy (non-hydrogen) atoms. The van der Waals surface area contributed by atoms with Crippen molar-refractivity contribution >= 4 is 92.2 Å². The number of carboxylic acids is 1. The Labute approximate surface area is 743 Å². The summed E-state index contributed by atoms with van der Waals surface area (Å²) in [6.45, 7) is 4.51. The van der Waals surface area contributed by atoms with E-state index in [1.165, 1.54) is 6.07 Å². The first-order chi connectivity index (χ1) is 61.3. The van der Waals surface area contributed by atoms with E-state index in [-0.39, 0.29) is 122 Å². The second-order valence-electron chi connectivity index (χ2n) is 29.6. The van der Waals surface area contributed by atoms with E-state index in [2.05, 4.69) is 43.8 Å². The minimum atomic E-state index is -3.70. The smallest absolute Gasteiger partial charge is 0.335 e. The number of aryl methyl sites for hydroxylation is 1. The number of aliphatic hydroxyl groups is 5. The van der Waals surface area contributed by atoms with Gasteiger partial charge in [0.25, 0.3) is 6.47 Å². The summed E-state index contributed by atoms with van der Waals surface area (Å²) in [6, 6.07) is 54.6. The first kappa shape index (κ1) is 105. The highest BCUT2D eigenvalue weighted by Crippen LogP contribution is 2.17. The molecule has 26 N–H and O–H groups in total. The van der Waals surface area contributed by atoms with E-state index in [9.17, 15) is 81.9 Å². The maximum absolute atomic E-state index is 12.5. The number of aliphatic hydroxyl groups excluding tert-OH is 5. The molecule has 0 aromatic heterocycles. The van der Waals surface area contributed by atoms with Crippen molar-refractivity contribution in [1.29, 1.82) is 16.2 Å². The molecule has 8 aromatic rings. The lowest BCUT2D eigenvalue weighted by molar-refractivity contribution is -0.131. The summed E-state index contributed by atoms with van der Waals surface area (Å²) in [7, 11) is -3.70. The summed E-state index contributed by atoms with van der Waals surface area (Å²) in [5, 5.41) is 98.5. The molecule has 0 aliphatic rings. The molecule has 0 radical (unpaired) electrons. The summed E-state index contributed by atoms with van der Waals surface area (Å²) in [5.74, 6) is -5.47. The molecule has 4 amide bonds. The Balaban J connectivity index is 0.000000303. The molecule has 8 rings (SSSR count). The maximum atomic E-state index is 12.5. The third-order valence-corrected chi connectivity index (χ3v) is 21.6. The van der Waals surface area contributed by atoms with Gasteiger partial charge in [0.15, 0.2) is 33.0 Å². The largest absolute Gasteiger partial charge is 0.478 e. The number of hydrogen-bond acceptors (Lipinski definition) is 26. The fraction of sp³-hybridized carbons (Fsp3) is 0.323. The zero-order chi connectivity index (χ0) is 93.9. The molecule has 0 spiro atoms. The Morgan fingerprint density at radius 3 is 1.12 bits per heavy atom. The van der Waals surface area contributed by atoms with Gasteiger partial charge in [-0.05, 0) is 125 Å². The number of nitrogens with one attached hydrogen (secondary N) is 10. The van der Waals surface area contributed by atoms with Crippen molar-refractivity contribution in [2.24, 2.45) is 34.6 Å². The van der Waals surface area contributed by atoms with Crippen LogP contribution in [-0.2, 0) is 111 Å². The number of benzene rings is 8. The van der Waals surface area contributed by atoms with Crippen LogP contribution >= 0.6 is 0 Å². The van der Waals surface area contributed by atoms with Crippen LogP contribution < -0.4 is 70.6 Å². The topological polar surface area (TPSA) is 621 Å². The van der Waals surface area contributed by atoms with Crippen LogP contribution in [0, 0.1) is 22.1 Å². The summed E-state index contributed by atoms with van der Waals surface area (Å²) in [4.78, 5) is 120. The van der Waals surface area contributed by atoms with Crippen molar-refractivity contribution < 1.29 is 91.7 Å². The zero-order valence-electron chi connectivity index (χ0n) is 71.2. The van der Waals surface area contributed by atoms with Crippen LogP contribution in [0.2, 0.25) is 0 Å². The normalized spacial score (nSPS) is 12.0. The molecule has 8 aromatic carbocycles. The predicted molar refractivity (Wildman–Crippen MR) is 486 cm³/mol. The Hall–Kier alpha value is -13.2. The number of nitrogen functional groups attached to an aromatic ring is 3. The third-order valence-electron chi connectivity index (χ3n) is 19.9. The number of amides is 4. The van der Waals surface area contributed by atoms with Crippen LogP contribution in [0.3, 0.4) is 0 Å². The molecular formula is C93H117N15O19S. The predicted octanol–water partition coefficient (Wildman–Crippen LogP) is 2.90. The molecule has 0 fully saturated rings. The molecule has 0 heterocycles. The average Bonchev–Trinajstić information content (AvgIpc) is 0.845. The van der Waals surface area contributed by atoms with Gasteiger partial charge in [0.05, 0.1) is 74.1 Å². The van der Waals surface area contributed by atoms with E-state index in [1.807, 2.05) is 60.7 Å². The van der Waals surface area contributed by atoms with Gasteiger partial charge in [-0.1, -0.05) is 183 Å². The number of rotatable bonds is 53. The summed E-state index contributed by atoms with van der Waals surface area (Å²) >= 11 is 0. The number of ether oxygens (including phenoxy) is 1. The van der Waals surface area contributed by atoms with Gasteiger partial charge in [-0.15, -0.1) is 0 Å². The standard InChI is InChI=1S/C24H32N4O3.2C23H28N4O5.C23H29N3O6S/c1-17(26)21-8-6-20(7-9-21)15-28-24(31)11-10-23(30)22(16-29)27-13-12-18-2-4-19(14-25)5-3-18;24-23(25)18-5-1-17(2-6-18)13-27-22(31)10-9-21(30)20(14-28)26-12-11-16-3-7-19(8-4-16)32-15-29;24-22(25)17-6-4-16(5-7-17)13-27-21(30)9-8-20(29)19(14-28)26-11-10-15-2-1-3-18(12-15)23(31)32;24-22(25)18-9-6-16(7-10-18)8-11-21(29)20(13-28)26-23(30)19(12-27)15-33(31,32)14-17-4-2-1-3-5-17/h2-9,22,27,29H,1,10-16,25-26H2,(H,28,31);1-8,15,20,26,28H,9-14H2,(H3,24,25)(H,27,31);1-7,12,19,26,28H,8-11,13-14H2,(H3,24,25)(H,27,30)(H,31,32);1-7,9-10,19-20,27-28H,8,11-15H2,(H3,24,25)(H,26,30)/t22-;20-;19-;19-,20-/m1110/s1. The van der Waals surface area contributed by atoms with Gasteiger partial charge < -0.3 is 101 Å². The van der Waals surface area contributed by atoms with Crippen molar-refractivity contribution in [3.63, 3.8) is 0 Å². The van der Waals surface area contributed by atoms with E-state index < -0.39 is 83.2 Å². The molecule has 0 unspecified atom stereocenters. The number of Topliss-reactive ketones (excluding diaryl/α,β-unsaturated/α-hetero) is 4. The van der Waals surface area contributed by atoms with Crippen molar-refractivity contribution in [3.8, 4) is 5.75 Å². The Morgan fingerprint density at radius 2 is 0.750 bits per heavy atom. The van der Waals surface area contributed by atoms with Gasteiger partial charge in [0.2, 0.25) is 23.6 Å². The zero-order valence-corrected chi connectivity index (χ0v) is 72.0. The van der Waals surface area contributed by atoms with Gasteiger partial charge >= 0.3 is 5.97 Å². The van der Waals surface area contributed by atoms with Gasteiger partial charge in [-0.2, -0.15) is 0 Å². The van der Waals surface area contributed by atoms with Crippen molar-refractivity contribution in [3.05, 3.63) is 285 Å². The molecule has 35 heteroatoms. The lowest BCUT2D eigenvalue weighted by atomic mass is 10.0. The molecule has 0 bridgehead atoms. The van der Waals surface area contributed by atoms with Crippen LogP contribution in [0.5, 0.6) is 5.75 Å². The number of aromatic carboxylic acids is 1. The molecule has 0 aliphatic heterocycles. The SMILES string of the molecule is C=C(N)c1ccc(CNC(=O)CCC(=O)[C@@H](CO)NCCc2ccc(CN)cc2)cc1.N=C(N)c1ccc(CCC(=O)[C@H](CO)NC(=O)[C@@H](CO)CS(=O)(=O)Cc2ccccc2)cc1.N=C(N)c1ccc(CNC(=O)CCC(=O)[C@@H](CO)NCCc2ccc(OC=O)cc2)cc1.N=C(N)c1ccc(CNC(=O)CCC(=O)[C@@H](CO)NCCc2cccc(C(=O)O)c2)cc1. The van der Waals surface area contributed by atoms with Crippen LogP contribution in [0.25, 0.3) is 5.70 Å². The molecule has 0 aliphatic carbocycles. The fourth-order valence-corrected chi connectivity index (χ4v) is 13.9. The fourth-order valence-electron chi connectivity index (χ4n) is 12.3. The number of amidine groups is 3. The minimum Gasteiger partial charge on any atom is -0.478 e. The van der Waals surface area contributed by atoms with Crippen LogP contribution in [0.1, 0.15) is 128 Å². The van der Waals surface area contributed by atoms with E-state index in [4.69, 9.17) is 54.7 Å². The Bertz CT molecular complexity index is 5050. The number of ketones is 4. The number of carbonyl (C=O) groups excluding carboxylic acids is 9. The molecule has 34 nitrogen and oxygen atoms in total. The average molecular weight is 1780 g/mol. The Kier molecular flexibility index (Phi) is 47.3. The van der Waals surface area contributed by atoms with Gasteiger partial charge in [-0.25, -0.2) is 13.2 Å². The van der Waals surface area contributed by atoms with E-state index in [1.54, 1.807) is 133 Å². The van der Waals surface area contributed by atoms with Gasteiger partial charge in [0.1, 0.15) is 29.3 Å². The van der Waals surface area contributed by atoms with Crippen LogP contribution in [0.4, 0.5) is 0 Å². The lowest BCUT2D eigenvalue weighted by Gasteiger charge is -2.20. The summed E-state index contributed by atoms with van der Waals surface area (Å²) in [6.07, 6.45) is 2.40. The number of carbonyl (C=O) groups is 10. The first-order valence-electron chi connectivity index (χ1n) is 41.1. The Morgan fingerprint density at radius 1 is 0.398 bits per heavy atom. The van der Waals surface area contributed by atoms with Crippen molar-refractivity contribution in [1.82, 2.24) is 37.2 Å². The van der Waals surface area contributed by atoms with Crippen molar-refractivity contribution in [2.75, 3.05) is 58.4 Å². The van der Waals surface area contributed by atoms with Gasteiger partial charge in [-0.3, -0.25) is 59.4 Å². The minimum absolute atomic E-state index is 0.00317. The lowest BCUT2D eigenvalue weighted by Crippen LogP contribution is -2.48. The molecule has 0 saturated heterocycles. The quantitative estimate of drug-likeness (QED) is 0.0148. The number of carboxylic acid groups (broad SMARTS) is 1. The number of hydrogen-bond donors (Lipinski definition) is 21. The highest BCUT2D eigenvalue weighted by Gasteiger charge is 2.30. The van der Waals surface area contributed by atoms with Crippen LogP contribution in [0.15, 0.2) is 207 Å². The molecule has 5 atom stereocenters. The summed E-state index contributed by atoms with van der Waals surface area (Å²) in [5.41, 5.74) is 38.7. The second-order valence-corrected chi connectivity index (χ2v) is 31.7. The van der Waals surface area contributed by atoms with Crippen LogP contribution in [-0.4, -0.2) is 198 Å². The summed E-state index contributed by atoms with van der Waals surface area (Å²) < 4.78 is 29.7. The van der Waals surface area contributed by atoms with E-state index in [0.29, 0.717) is 105 Å². The molecular weight excluding hydrogens is 1660 g/mol. The number of sulfone groups is 1. The highest BCUT2D eigenvalue weighted by molar-refractivity contribution is 7.90.